The van der Waals surface area contributed by atoms with Crippen molar-refractivity contribution in [2.45, 2.75) is 32.7 Å². The summed E-state index contributed by atoms with van der Waals surface area (Å²) in [6.07, 6.45) is 2.59. The second-order valence-corrected chi connectivity index (χ2v) is 5.75. The van der Waals surface area contributed by atoms with E-state index >= 15 is 0 Å². The van der Waals surface area contributed by atoms with E-state index in [1.54, 1.807) is 6.07 Å². The largest absolute Gasteiger partial charge is 0.338 e. The van der Waals surface area contributed by atoms with Gasteiger partial charge >= 0.3 is 0 Å². The van der Waals surface area contributed by atoms with Crippen LogP contribution in [0.2, 0.25) is 0 Å². The molecule has 1 aliphatic rings. The minimum Gasteiger partial charge on any atom is -0.338 e. The highest BCUT2D eigenvalue weighted by Gasteiger charge is 2.21. The summed E-state index contributed by atoms with van der Waals surface area (Å²) in [5, 5.41) is 0. The first-order valence-corrected chi connectivity index (χ1v) is 7.08. The van der Waals surface area contributed by atoms with Gasteiger partial charge in [0.2, 0.25) is 5.91 Å². The van der Waals surface area contributed by atoms with Gasteiger partial charge in [-0.25, -0.2) is 4.39 Å². The molecule has 1 fully saturated rings. The molecule has 0 N–H and O–H groups in total. The van der Waals surface area contributed by atoms with Gasteiger partial charge in [0.25, 0.3) is 0 Å². The molecule has 1 aromatic carbocycles. The summed E-state index contributed by atoms with van der Waals surface area (Å²) in [4.78, 5) is 13.8. The fraction of sp³-hybridized carbons (Fsp3) is 0.500. The molecule has 18 heavy (non-hydrogen) atoms. The van der Waals surface area contributed by atoms with E-state index in [9.17, 15) is 9.18 Å². The highest BCUT2D eigenvalue weighted by molar-refractivity contribution is 9.10. The molecule has 1 aliphatic heterocycles. The third kappa shape index (κ3) is 3.10. The Balaban J connectivity index is 2.12. The molecule has 0 bridgehead atoms. The van der Waals surface area contributed by atoms with Crippen molar-refractivity contribution >= 4 is 21.8 Å². The predicted octanol–water partition coefficient (Wildman–Crippen LogP) is 3.74. The molecular weight excluding hydrogens is 297 g/mol. The minimum atomic E-state index is -0.275. The predicted molar refractivity (Wildman–Crippen MR) is 72.5 cm³/mol. The summed E-state index contributed by atoms with van der Waals surface area (Å²) >= 11 is 3.25. The quantitative estimate of drug-likeness (QED) is 0.814. The second kappa shape index (κ2) is 5.83. The fourth-order valence-corrected chi connectivity index (χ4v) is 2.61. The third-order valence-corrected chi connectivity index (χ3v) is 4.38. The molecule has 1 amide bonds. The van der Waals surface area contributed by atoms with Crippen LogP contribution in [0.15, 0.2) is 22.7 Å². The number of rotatable bonds is 2. The maximum atomic E-state index is 13.4. The van der Waals surface area contributed by atoms with Gasteiger partial charge in [-0.1, -0.05) is 19.1 Å². The van der Waals surface area contributed by atoms with Crippen LogP contribution >= 0.6 is 15.9 Å². The van der Waals surface area contributed by atoms with Crippen molar-refractivity contribution in [2.24, 2.45) is 5.92 Å². The molecule has 1 aromatic rings. The lowest BCUT2D eigenvalue weighted by Crippen LogP contribution is -2.30. The molecule has 2 rings (SSSR count). The highest BCUT2D eigenvalue weighted by Crippen LogP contribution is 2.24. The van der Waals surface area contributed by atoms with Gasteiger partial charge in [-0.3, -0.25) is 4.79 Å². The van der Waals surface area contributed by atoms with Crippen LogP contribution in [-0.2, 0) is 11.3 Å². The van der Waals surface area contributed by atoms with Crippen molar-refractivity contribution in [2.75, 3.05) is 6.54 Å². The van der Waals surface area contributed by atoms with Gasteiger partial charge in [-0.2, -0.15) is 0 Å². The van der Waals surface area contributed by atoms with Crippen molar-refractivity contribution < 1.29 is 9.18 Å². The molecule has 1 heterocycles. The van der Waals surface area contributed by atoms with Crippen LogP contribution in [-0.4, -0.2) is 17.4 Å². The van der Waals surface area contributed by atoms with E-state index in [1.165, 1.54) is 6.07 Å². The molecule has 98 valence electrons. The second-order valence-electron chi connectivity index (χ2n) is 4.96. The summed E-state index contributed by atoms with van der Waals surface area (Å²) < 4.78 is 13.9. The number of carbonyl (C=O) groups excluding carboxylic acids is 1. The van der Waals surface area contributed by atoms with E-state index in [2.05, 4.69) is 22.9 Å². The molecule has 2 nitrogen and oxygen atoms in total. The number of hydrogen-bond donors (Lipinski definition) is 0. The Morgan fingerprint density at radius 3 is 3.00 bits per heavy atom. The monoisotopic (exact) mass is 313 g/mol. The van der Waals surface area contributed by atoms with E-state index in [-0.39, 0.29) is 11.7 Å². The molecule has 1 atom stereocenters. The van der Waals surface area contributed by atoms with Crippen LogP contribution in [0, 0.1) is 11.7 Å². The number of carbonyl (C=O) groups is 1. The Morgan fingerprint density at radius 2 is 2.22 bits per heavy atom. The molecular formula is C14H17BrFNO. The minimum absolute atomic E-state index is 0.176. The lowest BCUT2D eigenvalue weighted by atomic mass is 10.0. The van der Waals surface area contributed by atoms with Gasteiger partial charge in [0.05, 0.1) is 4.47 Å². The number of nitrogens with zero attached hydrogens (tertiary/aromatic N) is 1. The number of likely N-dealkylation sites (tertiary alicyclic amines) is 1. The number of halogens is 2. The SMILES string of the molecule is CC1CCC(=O)N(Cc2cccc(F)c2Br)CC1. The molecule has 1 unspecified atom stereocenters. The van der Waals surface area contributed by atoms with Crippen LogP contribution in [0.25, 0.3) is 0 Å². The van der Waals surface area contributed by atoms with Gasteiger partial charge in [0.1, 0.15) is 5.82 Å². The highest BCUT2D eigenvalue weighted by atomic mass is 79.9. The summed E-state index contributed by atoms with van der Waals surface area (Å²) in [7, 11) is 0. The Bertz CT molecular complexity index is 449. The topological polar surface area (TPSA) is 20.3 Å². The van der Waals surface area contributed by atoms with E-state index in [4.69, 9.17) is 0 Å². The van der Waals surface area contributed by atoms with Gasteiger partial charge < -0.3 is 4.90 Å². The fourth-order valence-electron chi connectivity index (χ4n) is 2.22. The Morgan fingerprint density at radius 1 is 1.44 bits per heavy atom. The maximum Gasteiger partial charge on any atom is 0.222 e. The summed E-state index contributed by atoms with van der Waals surface area (Å²) in [5.41, 5.74) is 0.831. The van der Waals surface area contributed by atoms with Gasteiger partial charge in [-0.15, -0.1) is 0 Å². The van der Waals surface area contributed by atoms with Crippen LogP contribution < -0.4 is 0 Å². The van der Waals surface area contributed by atoms with Crippen molar-refractivity contribution in [3.05, 3.63) is 34.1 Å². The Hall–Kier alpha value is -0.900. The first-order chi connectivity index (χ1) is 8.58. The zero-order chi connectivity index (χ0) is 13.1. The van der Waals surface area contributed by atoms with E-state index in [0.29, 0.717) is 23.4 Å². The average molecular weight is 314 g/mol. The van der Waals surface area contributed by atoms with Gasteiger partial charge in [0.15, 0.2) is 0 Å². The third-order valence-electron chi connectivity index (χ3n) is 3.49. The number of benzene rings is 1. The van der Waals surface area contributed by atoms with E-state index in [1.807, 2.05) is 11.0 Å². The van der Waals surface area contributed by atoms with Crippen molar-refractivity contribution in [1.29, 1.82) is 0 Å². The first-order valence-electron chi connectivity index (χ1n) is 6.28. The molecule has 0 radical (unpaired) electrons. The van der Waals surface area contributed by atoms with E-state index < -0.39 is 0 Å². The standard InChI is InChI=1S/C14H17BrFNO/c1-10-5-6-13(18)17(8-7-10)9-11-3-2-4-12(16)14(11)15/h2-4,10H,5-9H2,1H3. The molecule has 0 spiro atoms. The lowest BCUT2D eigenvalue weighted by molar-refractivity contribution is -0.131. The summed E-state index contributed by atoms with van der Waals surface area (Å²) in [5.74, 6) is 0.494. The molecule has 0 aromatic heterocycles. The van der Waals surface area contributed by atoms with E-state index in [0.717, 1.165) is 24.9 Å². The van der Waals surface area contributed by atoms with Gasteiger partial charge in [0, 0.05) is 19.5 Å². The molecule has 4 heteroatoms. The van der Waals surface area contributed by atoms with Crippen LogP contribution in [0.1, 0.15) is 31.7 Å². The zero-order valence-electron chi connectivity index (χ0n) is 10.5. The smallest absolute Gasteiger partial charge is 0.222 e. The van der Waals surface area contributed by atoms with Crippen molar-refractivity contribution in [1.82, 2.24) is 4.90 Å². The maximum absolute atomic E-state index is 13.4. The van der Waals surface area contributed by atoms with Crippen molar-refractivity contribution in [3.8, 4) is 0 Å². The Kier molecular flexibility index (Phi) is 4.38. The van der Waals surface area contributed by atoms with Crippen LogP contribution in [0.4, 0.5) is 4.39 Å². The molecule has 0 saturated carbocycles. The van der Waals surface area contributed by atoms with Crippen LogP contribution in [0.3, 0.4) is 0 Å². The zero-order valence-corrected chi connectivity index (χ0v) is 12.0. The molecule has 1 saturated heterocycles. The number of hydrogen-bond acceptors (Lipinski definition) is 1. The summed E-state index contributed by atoms with van der Waals surface area (Å²) in [6.45, 7) is 3.43. The lowest BCUT2D eigenvalue weighted by Gasteiger charge is -2.21. The average Bonchev–Trinajstić information content (AvgIpc) is 2.50. The Labute approximate surface area is 115 Å². The van der Waals surface area contributed by atoms with Gasteiger partial charge in [-0.05, 0) is 46.3 Å². The first kappa shape index (κ1) is 13.5. The normalized spacial score (nSPS) is 20.9. The molecule has 0 aliphatic carbocycles. The summed E-state index contributed by atoms with van der Waals surface area (Å²) in [6, 6.07) is 4.95. The number of amides is 1. The van der Waals surface area contributed by atoms with Crippen molar-refractivity contribution in [3.63, 3.8) is 0 Å². The van der Waals surface area contributed by atoms with Crippen LogP contribution in [0.5, 0.6) is 0 Å².